The van der Waals surface area contributed by atoms with Gasteiger partial charge in [0.2, 0.25) is 5.91 Å². The van der Waals surface area contributed by atoms with Crippen molar-refractivity contribution in [1.29, 1.82) is 0 Å². The zero-order valence-corrected chi connectivity index (χ0v) is 27.1. The Hall–Kier alpha value is -3.82. The fourth-order valence-electron chi connectivity index (χ4n) is 5.75. The predicted molar refractivity (Wildman–Crippen MR) is 187 cm³/mol. The van der Waals surface area contributed by atoms with E-state index in [1.165, 1.54) is 37.7 Å². The van der Waals surface area contributed by atoms with E-state index in [-0.39, 0.29) is 6.54 Å². The number of hydrogen-bond acceptors (Lipinski definition) is 6. The molecule has 1 fully saturated rings. The highest BCUT2D eigenvalue weighted by molar-refractivity contribution is 7.74. The van der Waals surface area contributed by atoms with Crippen LogP contribution in [-0.2, 0) is 11.2 Å². The number of nitrogens with zero attached hydrogens (tertiary/aromatic N) is 3. The minimum atomic E-state index is -0.413. The fraction of sp³-hybridized carbons (Fsp3) is 0.229. The Morgan fingerprint density at radius 2 is 1.67 bits per heavy atom. The van der Waals surface area contributed by atoms with E-state index in [4.69, 9.17) is 43.5 Å². The maximum atomic E-state index is 11.2. The molecule has 3 aromatic carbocycles. The number of anilines is 1. The summed E-state index contributed by atoms with van der Waals surface area (Å²) < 4.78 is 8.76. The predicted octanol–water partition coefficient (Wildman–Crippen LogP) is 8.83. The molecule has 45 heavy (non-hydrogen) atoms. The monoisotopic (exact) mass is 659 g/mol. The van der Waals surface area contributed by atoms with Gasteiger partial charge in [0.1, 0.15) is 5.82 Å². The van der Waals surface area contributed by atoms with Crippen molar-refractivity contribution in [2.45, 2.75) is 44.4 Å². The number of aromatic nitrogens is 3. The smallest absolute Gasteiger partial charge is 0.236 e. The summed E-state index contributed by atoms with van der Waals surface area (Å²) in [5, 5.41) is 4.14. The van der Waals surface area contributed by atoms with Gasteiger partial charge in [-0.15, -0.1) is 0 Å². The van der Waals surface area contributed by atoms with Gasteiger partial charge in [0, 0.05) is 46.3 Å². The largest absolute Gasteiger partial charge is 0.376 e. The number of benzene rings is 3. The molecule has 0 saturated heterocycles. The van der Waals surface area contributed by atoms with Crippen LogP contribution in [0, 0.1) is 0 Å². The van der Waals surface area contributed by atoms with Crippen LogP contribution in [-0.4, -0.2) is 31.5 Å². The molecule has 0 bridgehead atoms. The molecule has 6 rings (SSSR count). The minimum absolute atomic E-state index is 0.0745. The first-order valence-electron chi connectivity index (χ1n) is 14.8. The Morgan fingerprint density at radius 1 is 0.933 bits per heavy atom. The molecule has 5 aromatic rings. The first-order valence-corrected chi connectivity index (χ1v) is 16.0. The number of rotatable bonds is 9. The van der Waals surface area contributed by atoms with E-state index >= 15 is 0 Å². The van der Waals surface area contributed by atoms with Crippen LogP contribution in [0.15, 0.2) is 91.3 Å². The second kappa shape index (κ2) is 15.5. The maximum absolute atomic E-state index is 11.2. The van der Waals surface area contributed by atoms with Gasteiger partial charge in [-0.2, -0.15) is 0 Å². The van der Waals surface area contributed by atoms with Gasteiger partial charge < -0.3 is 20.2 Å². The summed E-state index contributed by atoms with van der Waals surface area (Å²) in [6.45, 7) is 0.0745. The normalized spacial score (nSPS) is 13.2. The number of imidazole rings is 1. The molecule has 0 spiro atoms. The highest BCUT2D eigenvalue weighted by Gasteiger charge is 2.17. The molecule has 2 heterocycles. The number of primary amides is 1. The van der Waals surface area contributed by atoms with Gasteiger partial charge in [-0.25, -0.2) is 4.98 Å². The number of nitrogens with one attached hydrogen (secondary N) is 1. The second-order valence-corrected chi connectivity index (χ2v) is 11.9. The number of halogens is 2. The fourth-order valence-corrected chi connectivity index (χ4v) is 6.26. The lowest BCUT2D eigenvalue weighted by molar-refractivity contribution is -0.116. The average Bonchev–Trinajstić information content (AvgIpc) is 3.49. The van der Waals surface area contributed by atoms with Crippen LogP contribution in [0.5, 0.6) is 0 Å². The number of nitrogens with two attached hydrogens (primary N) is 1. The zero-order valence-electron chi connectivity index (χ0n) is 24.7. The summed E-state index contributed by atoms with van der Waals surface area (Å²) in [7, 11) is 0. The number of carbonyl (C=O) groups excluding carboxylic acids is 1. The van der Waals surface area contributed by atoms with Crippen molar-refractivity contribution in [3.8, 4) is 28.2 Å². The number of carbonyl (C=O) groups is 1. The van der Waals surface area contributed by atoms with Gasteiger partial charge in [0.05, 0.1) is 23.0 Å². The zero-order chi connectivity index (χ0) is 31.8. The molecule has 1 amide bonds. The van der Waals surface area contributed by atoms with E-state index in [0.717, 1.165) is 45.3 Å². The van der Waals surface area contributed by atoms with Crippen LogP contribution >= 0.6 is 36.1 Å². The van der Waals surface area contributed by atoms with E-state index in [2.05, 4.69) is 65.4 Å². The quantitative estimate of drug-likeness (QED) is 0.0934. The van der Waals surface area contributed by atoms with E-state index in [1.54, 1.807) is 6.07 Å². The molecule has 232 valence electrons. The minimum Gasteiger partial charge on any atom is -0.376 e. The van der Waals surface area contributed by atoms with Crippen molar-refractivity contribution >= 4 is 47.7 Å². The summed E-state index contributed by atoms with van der Waals surface area (Å²) in [5.41, 5.74) is 13.1. The number of pyridine rings is 1. The number of hydrogen-bond donors (Lipinski definition) is 4. The molecule has 0 radical (unpaired) electrons. The lowest BCUT2D eigenvalue weighted by atomic mass is 9.85. The van der Waals surface area contributed by atoms with Gasteiger partial charge in [-0.1, -0.05) is 72.8 Å². The van der Waals surface area contributed by atoms with Gasteiger partial charge in [-0.05, 0) is 91.3 Å². The van der Waals surface area contributed by atoms with Crippen molar-refractivity contribution < 1.29 is 9.35 Å². The molecule has 7 nitrogen and oxygen atoms in total. The summed E-state index contributed by atoms with van der Waals surface area (Å²) in [6.07, 6.45) is 11.2. The molecule has 10 heteroatoms. The van der Waals surface area contributed by atoms with Crippen LogP contribution in [0.4, 0.5) is 5.69 Å². The summed E-state index contributed by atoms with van der Waals surface area (Å²) in [5.74, 6) is 1.10. The Balaban J connectivity index is 0.00000196. The molecule has 1 aliphatic rings. The molecule has 1 saturated carbocycles. The summed E-state index contributed by atoms with van der Waals surface area (Å²) in [4.78, 5) is 21.0. The molecular formula is C35H35Cl2N5O2S. The van der Waals surface area contributed by atoms with Crippen molar-refractivity contribution in [3.63, 3.8) is 0 Å². The second-order valence-electron chi connectivity index (χ2n) is 11.1. The number of amides is 1. The summed E-state index contributed by atoms with van der Waals surface area (Å²) in [6, 6.07) is 26.1. The molecule has 1 aliphatic carbocycles. The van der Waals surface area contributed by atoms with Crippen molar-refractivity contribution in [1.82, 2.24) is 14.5 Å². The molecular weight excluding hydrogens is 625 g/mol. The van der Waals surface area contributed by atoms with E-state index < -0.39 is 5.91 Å². The first-order chi connectivity index (χ1) is 21.9. The van der Waals surface area contributed by atoms with Gasteiger partial charge in [0.15, 0.2) is 0 Å². The molecule has 0 unspecified atom stereocenters. The lowest BCUT2D eigenvalue weighted by Gasteiger charge is -2.21. The molecule has 2 aromatic heterocycles. The van der Waals surface area contributed by atoms with E-state index in [0.29, 0.717) is 22.4 Å². The Labute approximate surface area is 279 Å². The maximum Gasteiger partial charge on any atom is 0.236 e. The third-order valence-corrected chi connectivity index (χ3v) is 8.62. The standard InChI is InChI=1S/C35H33Cl2N5O.H2OS/c36-27-11-16-30(31(37)19-27)33-22-42(29-14-12-28(13-15-29)39-21-34(38)43)35(41-33)18-23-6-8-25(9-7-23)32-17-10-26(20-40-32)24-4-2-1-3-5-24;1-2/h6-17,19-20,22,24,39H,1-5,18,21H2,(H2,38,43);1-2H. The van der Waals surface area contributed by atoms with E-state index in [1.807, 2.05) is 42.6 Å². The Morgan fingerprint density at radius 3 is 2.31 bits per heavy atom. The highest BCUT2D eigenvalue weighted by atomic mass is 35.5. The summed E-state index contributed by atoms with van der Waals surface area (Å²) >= 11 is 15.2. The van der Waals surface area contributed by atoms with Crippen molar-refractivity contribution in [2.24, 2.45) is 5.73 Å². The van der Waals surface area contributed by atoms with Crippen LogP contribution in [0.2, 0.25) is 10.0 Å². The SMILES string of the molecule is NC(=O)CNc1ccc(-n2cc(-c3ccc(Cl)cc3Cl)nc2Cc2ccc(-c3ccc(C4CCCCC4)cn3)cc2)cc1.OS. The first kappa shape index (κ1) is 32.6. The molecule has 0 atom stereocenters. The van der Waals surface area contributed by atoms with Crippen molar-refractivity contribution in [3.05, 3.63) is 118 Å². The highest BCUT2D eigenvalue weighted by Crippen LogP contribution is 2.34. The van der Waals surface area contributed by atoms with Gasteiger partial charge >= 0.3 is 0 Å². The van der Waals surface area contributed by atoms with E-state index in [9.17, 15) is 4.79 Å². The van der Waals surface area contributed by atoms with Crippen LogP contribution in [0.25, 0.3) is 28.2 Å². The van der Waals surface area contributed by atoms with Gasteiger partial charge in [0.25, 0.3) is 0 Å². The third kappa shape index (κ3) is 8.27. The number of thiol groups is 1. The van der Waals surface area contributed by atoms with Crippen LogP contribution in [0.1, 0.15) is 55.0 Å². The van der Waals surface area contributed by atoms with Crippen molar-refractivity contribution in [2.75, 3.05) is 11.9 Å². The molecule has 0 aliphatic heterocycles. The van der Waals surface area contributed by atoms with Crippen LogP contribution in [0.3, 0.4) is 0 Å². The topological polar surface area (TPSA) is 106 Å². The Bertz CT molecular complexity index is 1720. The third-order valence-electron chi connectivity index (χ3n) is 8.07. The van der Waals surface area contributed by atoms with Crippen LogP contribution < -0.4 is 11.1 Å². The Kier molecular flexibility index (Phi) is 11.2. The average molecular weight is 661 g/mol. The lowest BCUT2D eigenvalue weighted by Crippen LogP contribution is -2.21. The molecule has 4 N–H and O–H groups in total. The van der Waals surface area contributed by atoms with Gasteiger partial charge in [-0.3, -0.25) is 9.78 Å².